The van der Waals surface area contributed by atoms with E-state index < -0.39 is 0 Å². The van der Waals surface area contributed by atoms with Crippen LogP contribution in [-0.4, -0.2) is 13.1 Å². The zero-order valence-electron chi connectivity index (χ0n) is 10.7. The molecule has 17 heavy (non-hydrogen) atoms. The van der Waals surface area contributed by atoms with E-state index in [1.807, 2.05) is 6.92 Å². The summed E-state index contributed by atoms with van der Waals surface area (Å²) in [4.78, 5) is 0. The number of nitrogens with one attached hydrogen (secondary N) is 1. The third-order valence-electron chi connectivity index (χ3n) is 3.77. The molecule has 2 nitrogen and oxygen atoms in total. The second-order valence-electron chi connectivity index (χ2n) is 5.10. The van der Waals surface area contributed by atoms with Gasteiger partial charge in [0.05, 0.1) is 11.6 Å². The maximum atomic E-state index is 9.08. The maximum absolute atomic E-state index is 9.08. The Labute approximate surface area is 104 Å². The van der Waals surface area contributed by atoms with Gasteiger partial charge in [-0.15, -0.1) is 0 Å². The van der Waals surface area contributed by atoms with Crippen LogP contribution in [0.3, 0.4) is 0 Å². The van der Waals surface area contributed by atoms with Crippen molar-refractivity contribution in [1.82, 2.24) is 5.32 Å². The molecule has 0 amide bonds. The van der Waals surface area contributed by atoms with Crippen molar-refractivity contribution in [1.29, 1.82) is 5.26 Å². The number of benzene rings is 1. The molecule has 0 atom stereocenters. The molecular formula is C15H20N2. The van der Waals surface area contributed by atoms with Gasteiger partial charge in [-0.1, -0.05) is 6.07 Å². The van der Waals surface area contributed by atoms with E-state index in [4.69, 9.17) is 5.26 Å². The third-order valence-corrected chi connectivity index (χ3v) is 3.77. The minimum Gasteiger partial charge on any atom is -0.317 e. The van der Waals surface area contributed by atoms with Gasteiger partial charge in [0.2, 0.25) is 0 Å². The van der Waals surface area contributed by atoms with Gasteiger partial charge in [-0.05, 0) is 74.9 Å². The second-order valence-corrected chi connectivity index (χ2v) is 5.10. The van der Waals surface area contributed by atoms with Crippen molar-refractivity contribution < 1.29 is 0 Å². The molecule has 2 heteroatoms. The summed E-state index contributed by atoms with van der Waals surface area (Å²) in [6.07, 6.45) is 3.65. The Kier molecular flexibility index (Phi) is 3.81. The minimum absolute atomic E-state index is 0.782. The lowest BCUT2D eigenvalue weighted by atomic mass is 9.88. The van der Waals surface area contributed by atoms with Crippen molar-refractivity contribution in [3.63, 3.8) is 0 Å². The Morgan fingerprint density at radius 2 is 1.94 bits per heavy atom. The van der Waals surface area contributed by atoms with Crippen molar-refractivity contribution in [2.75, 3.05) is 13.1 Å². The van der Waals surface area contributed by atoms with Crippen LogP contribution in [0.15, 0.2) is 12.1 Å². The molecule has 1 heterocycles. The molecule has 1 saturated heterocycles. The van der Waals surface area contributed by atoms with Crippen molar-refractivity contribution in [2.45, 2.75) is 33.1 Å². The normalized spacial score (nSPS) is 16.8. The van der Waals surface area contributed by atoms with Gasteiger partial charge < -0.3 is 5.32 Å². The zero-order chi connectivity index (χ0) is 12.3. The monoisotopic (exact) mass is 228 g/mol. The van der Waals surface area contributed by atoms with E-state index in [9.17, 15) is 0 Å². The highest BCUT2D eigenvalue weighted by atomic mass is 14.9. The van der Waals surface area contributed by atoms with Gasteiger partial charge in [0.25, 0.3) is 0 Å². The Bertz CT molecular complexity index is 437. The molecular weight excluding hydrogens is 208 g/mol. The Morgan fingerprint density at radius 3 is 2.59 bits per heavy atom. The number of hydrogen-bond acceptors (Lipinski definition) is 2. The lowest BCUT2D eigenvalue weighted by Crippen LogP contribution is -2.28. The first kappa shape index (κ1) is 12.1. The summed E-state index contributed by atoms with van der Waals surface area (Å²) < 4.78 is 0. The highest BCUT2D eigenvalue weighted by molar-refractivity contribution is 5.43. The Morgan fingerprint density at radius 1 is 1.24 bits per heavy atom. The summed E-state index contributed by atoms with van der Waals surface area (Å²) >= 11 is 0. The first-order valence-electron chi connectivity index (χ1n) is 6.41. The summed E-state index contributed by atoms with van der Waals surface area (Å²) in [5.41, 5.74) is 4.62. The largest absolute Gasteiger partial charge is 0.317 e. The highest BCUT2D eigenvalue weighted by Gasteiger charge is 2.15. The standard InChI is InChI=1S/C15H20N2/c1-11-7-12(2)15(10-16)9-14(11)8-13-3-5-17-6-4-13/h7,9,13,17H,3-6,8H2,1-2H3. The van der Waals surface area contributed by atoms with Crippen LogP contribution in [0.4, 0.5) is 0 Å². The fraction of sp³-hybridized carbons (Fsp3) is 0.533. The lowest BCUT2D eigenvalue weighted by Gasteiger charge is -2.23. The highest BCUT2D eigenvalue weighted by Crippen LogP contribution is 2.22. The summed E-state index contributed by atoms with van der Waals surface area (Å²) in [5.74, 6) is 0.782. The summed E-state index contributed by atoms with van der Waals surface area (Å²) in [7, 11) is 0. The molecule has 1 aliphatic rings. The molecule has 1 aromatic rings. The molecule has 1 aromatic carbocycles. The predicted molar refractivity (Wildman–Crippen MR) is 69.9 cm³/mol. The fourth-order valence-corrected chi connectivity index (χ4v) is 2.63. The van der Waals surface area contributed by atoms with Crippen LogP contribution in [0.2, 0.25) is 0 Å². The topological polar surface area (TPSA) is 35.8 Å². The maximum Gasteiger partial charge on any atom is 0.0994 e. The molecule has 1 aliphatic heterocycles. The molecule has 0 bridgehead atoms. The predicted octanol–water partition coefficient (Wildman–Crippen LogP) is 2.72. The van der Waals surface area contributed by atoms with E-state index in [0.29, 0.717) is 0 Å². The van der Waals surface area contributed by atoms with Gasteiger partial charge in [0, 0.05) is 0 Å². The van der Waals surface area contributed by atoms with Crippen LogP contribution in [0.5, 0.6) is 0 Å². The first-order chi connectivity index (χ1) is 8.20. The van der Waals surface area contributed by atoms with Gasteiger partial charge >= 0.3 is 0 Å². The molecule has 0 aliphatic carbocycles. The van der Waals surface area contributed by atoms with E-state index >= 15 is 0 Å². The van der Waals surface area contributed by atoms with E-state index in [1.54, 1.807) is 0 Å². The lowest BCUT2D eigenvalue weighted by molar-refractivity contribution is 0.372. The fourth-order valence-electron chi connectivity index (χ4n) is 2.63. The number of rotatable bonds is 2. The van der Waals surface area contributed by atoms with Crippen LogP contribution in [0, 0.1) is 31.1 Å². The number of aryl methyl sites for hydroxylation is 2. The number of hydrogen-bond donors (Lipinski definition) is 1. The van der Waals surface area contributed by atoms with E-state index in [0.717, 1.165) is 36.6 Å². The van der Waals surface area contributed by atoms with E-state index in [1.165, 1.54) is 24.0 Å². The van der Waals surface area contributed by atoms with Crippen molar-refractivity contribution in [3.05, 3.63) is 34.4 Å². The zero-order valence-corrected chi connectivity index (χ0v) is 10.7. The van der Waals surface area contributed by atoms with Gasteiger partial charge in [-0.3, -0.25) is 0 Å². The molecule has 1 fully saturated rings. The molecule has 2 rings (SSSR count). The smallest absolute Gasteiger partial charge is 0.0994 e. The average Bonchev–Trinajstić information content (AvgIpc) is 2.34. The van der Waals surface area contributed by atoms with Crippen LogP contribution in [0.25, 0.3) is 0 Å². The molecule has 0 spiro atoms. The number of piperidine rings is 1. The van der Waals surface area contributed by atoms with Crippen LogP contribution in [-0.2, 0) is 6.42 Å². The molecule has 0 saturated carbocycles. The Hall–Kier alpha value is -1.33. The molecule has 1 N–H and O–H groups in total. The molecule has 0 radical (unpaired) electrons. The van der Waals surface area contributed by atoms with Crippen LogP contribution >= 0.6 is 0 Å². The van der Waals surface area contributed by atoms with Gasteiger partial charge in [-0.25, -0.2) is 0 Å². The van der Waals surface area contributed by atoms with E-state index in [-0.39, 0.29) is 0 Å². The van der Waals surface area contributed by atoms with Crippen molar-refractivity contribution in [3.8, 4) is 6.07 Å². The van der Waals surface area contributed by atoms with Gasteiger partial charge in [0.1, 0.15) is 0 Å². The molecule has 90 valence electrons. The van der Waals surface area contributed by atoms with Gasteiger partial charge in [0.15, 0.2) is 0 Å². The first-order valence-corrected chi connectivity index (χ1v) is 6.41. The molecule has 0 aromatic heterocycles. The second kappa shape index (κ2) is 5.33. The van der Waals surface area contributed by atoms with E-state index in [2.05, 4.69) is 30.4 Å². The Balaban J connectivity index is 2.17. The molecule has 0 unspecified atom stereocenters. The van der Waals surface area contributed by atoms with Crippen LogP contribution in [0.1, 0.15) is 35.1 Å². The van der Waals surface area contributed by atoms with Crippen molar-refractivity contribution >= 4 is 0 Å². The minimum atomic E-state index is 0.782. The third kappa shape index (κ3) is 2.87. The summed E-state index contributed by atoms with van der Waals surface area (Å²) in [5, 5.41) is 12.5. The quantitative estimate of drug-likeness (QED) is 0.844. The number of nitrogens with zero attached hydrogens (tertiary/aromatic N) is 1. The summed E-state index contributed by atoms with van der Waals surface area (Å²) in [6, 6.07) is 6.53. The number of nitriles is 1. The summed E-state index contributed by atoms with van der Waals surface area (Å²) in [6.45, 7) is 6.45. The van der Waals surface area contributed by atoms with Crippen molar-refractivity contribution in [2.24, 2.45) is 5.92 Å². The van der Waals surface area contributed by atoms with Crippen LogP contribution < -0.4 is 5.32 Å². The van der Waals surface area contributed by atoms with Gasteiger partial charge in [-0.2, -0.15) is 5.26 Å². The SMILES string of the molecule is Cc1cc(C)c(CC2CCNCC2)cc1C#N. The average molecular weight is 228 g/mol.